The third-order valence-corrected chi connectivity index (χ3v) is 3.57. The minimum atomic E-state index is -0.670. The first-order valence-electron chi connectivity index (χ1n) is 7.02. The van der Waals surface area contributed by atoms with Crippen LogP contribution in [0, 0.1) is 0 Å². The summed E-state index contributed by atoms with van der Waals surface area (Å²) >= 11 is 0. The standard InChI is InChI=1S/C14H30N2O/c1-6-9-10-11-16(12(4)5)13(17)14(15,7-2)8-3/h12H,6-11,15H2,1-5H3. The second-order valence-electron chi connectivity index (χ2n) is 5.16. The van der Waals surface area contributed by atoms with Gasteiger partial charge in [0.2, 0.25) is 5.91 Å². The second kappa shape index (κ2) is 7.70. The van der Waals surface area contributed by atoms with E-state index in [0.717, 1.165) is 13.0 Å². The Morgan fingerprint density at radius 1 is 1.18 bits per heavy atom. The van der Waals surface area contributed by atoms with E-state index in [0.29, 0.717) is 12.8 Å². The number of carbonyl (C=O) groups excluding carboxylic acids is 1. The molecule has 3 heteroatoms. The van der Waals surface area contributed by atoms with Crippen LogP contribution in [0.3, 0.4) is 0 Å². The summed E-state index contributed by atoms with van der Waals surface area (Å²) in [5.74, 6) is 0.119. The van der Waals surface area contributed by atoms with Crippen molar-refractivity contribution in [2.24, 2.45) is 5.73 Å². The molecule has 0 saturated heterocycles. The van der Waals surface area contributed by atoms with Crippen molar-refractivity contribution in [2.75, 3.05) is 6.54 Å². The van der Waals surface area contributed by atoms with Crippen molar-refractivity contribution in [1.29, 1.82) is 0 Å². The number of carbonyl (C=O) groups is 1. The zero-order chi connectivity index (χ0) is 13.5. The number of unbranched alkanes of at least 4 members (excludes halogenated alkanes) is 2. The van der Waals surface area contributed by atoms with Crippen molar-refractivity contribution in [3.63, 3.8) is 0 Å². The summed E-state index contributed by atoms with van der Waals surface area (Å²) in [7, 11) is 0. The third-order valence-electron chi connectivity index (χ3n) is 3.57. The van der Waals surface area contributed by atoms with Crippen LogP contribution in [0.25, 0.3) is 0 Å². The highest BCUT2D eigenvalue weighted by Crippen LogP contribution is 2.17. The van der Waals surface area contributed by atoms with E-state index in [1.165, 1.54) is 12.8 Å². The Hall–Kier alpha value is -0.570. The molecule has 0 heterocycles. The summed E-state index contributed by atoms with van der Waals surface area (Å²) < 4.78 is 0. The smallest absolute Gasteiger partial charge is 0.242 e. The van der Waals surface area contributed by atoms with Gasteiger partial charge in [0.25, 0.3) is 0 Å². The molecule has 0 spiro atoms. The number of hydrogen-bond donors (Lipinski definition) is 1. The Labute approximate surface area is 107 Å². The monoisotopic (exact) mass is 242 g/mol. The molecule has 0 aromatic carbocycles. The highest BCUT2D eigenvalue weighted by molar-refractivity contribution is 5.86. The molecule has 0 radical (unpaired) electrons. The Balaban J connectivity index is 4.64. The first-order valence-corrected chi connectivity index (χ1v) is 7.02. The quantitative estimate of drug-likeness (QED) is 0.665. The van der Waals surface area contributed by atoms with E-state index in [9.17, 15) is 4.79 Å². The lowest BCUT2D eigenvalue weighted by Crippen LogP contribution is -2.56. The molecule has 0 fully saturated rings. The molecule has 0 bridgehead atoms. The molecular weight excluding hydrogens is 212 g/mol. The average Bonchev–Trinajstić information content (AvgIpc) is 2.32. The first-order chi connectivity index (χ1) is 7.92. The van der Waals surface area contributed by atoms with Gasteiger partial charge < -0.3 is 10.6 Å². The molecule has 0 aromatic heterocycles. The van der Waals surface area contributed by atoms with Gasteiger partial charge in [-0.2, -0.15) is 0 Å². The van der Waals surface area contributed by atoms with Gasteiger partial charge in [-0.1, -0.05) is 33.6 Å². The lowest BCUT2D eigenvalue weighted by molar-refractivity contribution is -0.139. The van der Waals surface area contributed by atoms with Crippen molar-refractivity contribution in [1.82, 2.24) is 4.90 Å². The molecule has 0 aromatic rings. The molecule has 0 atom stereocenters. The summed E-state index contributed by atoms with van der Waals surface area (Å²) in [6.07, 6.45) is 4.84. The molecule has 0 unspecified atom stereocenters. The maximum atomic E-state index is 12.5. The van der Waals surface area contributed by atoms with Gasteiger partial charge in [0.1, 0.15) is 0 Å². The number of amides is 1. The topological polar surface area (TPSA) is 46.3 Å². The average molecular weight is 242 g/mol. The van der Waals surface area contributed by atoms with Crippen molar-refractivity contribution in [3.05, 3.63) is 0 Å². The zero-order valence-electron chi connectivity index (χ0n) is 12.3. The molecule has 0 aliphatic carbocycles. The van der Waals surface area contributed by atoms with Gasteiger partial charge in [-0.05, 0) is 33.1 Å². The van der Waals surface area contributed by atoms with Crippen molar-refractivity contribution >= 4 is 5.91 Å². The predicted molar refractivity (Wildman–Crippen MR) is 73.9 cm³/mol. The molecule has 0 aliphatic rings. The summed E-state index contributed by atoms with van der Waals surface area (Å²) in [6.45, 7) is 11.1. The van der Waals surface area contributed by atoms with Gasteiger partial charge in [-0.15, -0.1) is 0 Å². The van der Waals surface area contributed by atoms with Crippen molar-refractivity contribution in [2.45, 2.75) is 78.3 Å². The largest absolute Gasteiger partial charge is 0.339 e. The number of nitrogens with two attached hydrogens (primary N) is 1. The molecule has 0 rings (SSSR count). The summed E-state index contributed by atoms with van der Waals surface area (Å²) in [5, 5.41) is 0. The van der Waals surface area contributed by atoms with E-state index >= 15 is 0 Å². The summed E-state index contributed by atoms with van der Waals surface area (Å²) in [5.41, 5.74) is 5.52. The Morgan fingerprint density at radius 3 is 2.06 bits per heavy atom. The molecule has 0 aliphatic heterocycles. The number of rotatable bonds is 8. The van der Waals surface area contributed by atoms with Gasteiger partial charge in [0.15, 0.2) is 0 Å². The van der Waals surface area contributed by atoms with E-state index < -0.39 is 5.54 Å². The van der Waals surface area contributed by atoms with Crippen LogP contribution in [0.2, 0.25) is 0 Å². The predicted octanol–water partition coefficient (Wildman–Crippen LogP) is 2.93. The Bertz CT molecular complexity index is 222. The van der Waals surface area contributed by atoms with Gasteiger partial charge in [0, 0.05) is 12.6 Å². The van der Waals surface area contributed by atoms with Crippen LogP contribution in [0.15, 0.2) is 0 Å². The third kappa shape index (κ3) is 4.66. The lowest BCUT2D eigenvalue weighted by Gasteiger charge is -2.35. The minimum absolute atomic E-state index is 0.119. The van der Waals surface area contributed by atoms with E-state index in [-0.39, 0.29) is 11.9 Å². The molecule has 102 valence electrons. The summed E-state index contributed by atoms with van der Waals surface area (Å²) in [4.78, 5) is 14.4. The zero-order valence-corrected chi connectivity index (χ0v) is 12.3. The normalized spacial score (nSPS) is 11.9. The van der Waals surface area contributed by atoms with Crippen molar-refractivity contribution < 1.29 is 4.79 Å². The van der Waals surface area contributed by atoms with Gasteiger partial charge in [-0.25, -0.2) is 0 Å². The van der Waals surface area contributed by atoms with Crippen LogP contribution < -0.4 is 5.73 Å². The summed E-state index contributed by atoms with van der Waals surface area (Å²) in [6, 6.07) is 0.236. The second-order valence-corrected chi connectivity index (χ2v) is 5.16. The van der Waals surface area contributed by atoms with E-state index in [1.807, 2.05) is 18.7 Å². The highest BCUT2D eigenvalue weighted by atomic mass is 16.2. The molecule has 17 heavy (non-hydrogen) atoms. The van der Waals surface area contributed by atoms with E-state index in [2.05, 4.69) is 20.8 Å². The van der Waals surface area contributed by atoms with Gasteiger partial charge in [-0.3, -0.25) is 4.79 Å². The minimum Gasteiger partial charge on any atom is -0.339 e. The van der Waals surface area contributed by atoms with Gasteiger partial charge >= 0.3 is 0 Å². The van der Waals surface area contributed by atoms with E-state index in [4.69, 9.17) is 5.73 Å². The van der Waals surface area contributed by atoms with Crippen molar-refractivity contribution in [3.8, 4) is 0 Å². The fraction of sp³-hybridized carbons (Fsp3) is 0.929. The Kier molecular flexibility index (Phi) is 7.44. The van der Waals surface area contributed by atoms with Crippen LogP contribution in [-0.4, -0.2) is 28.9 Å². The molecule has 3 nitrogen and oxygen atoms in total. The van der Waals surface area contributed by atoms with Crippen LogP contribution in [0.4, 0.5) is 0 Å². The number of hydrogen-bond acceptors (Lipinski definition) is 2. The van der Waals surface area contributed by atoms with Crippen LogP contribution in [0.5, 0.6) is 0 Å². The number of nitrogens with zero attached hydrogens (tertiary/aromatic N) is 1. The fourth-order valence-electron chi connectivity index (χ4n) is 1.96. The molecule has 2 N–H and O–H groups in total. The molecular formula is C14H30N2O. The SMILES string of the molecule is CCCCCN(C(=O)C(N)(CC)CC)C(C)C. The fourth-order valence-corrected chi connectivity index (χ4v) is 1.96. The van der Waals surface area contributed by atoms with Gasteiger partial charge in [0.05, 0.1) is 5.54 Å². The maximum absolute atomic E-state index is 12.5. The van der Waals surface area contributed by atoms with E-state index in [1.54, 1.807) is 0 Å². The Morgan fingerprint density at radius 2 is 1.71 bits per heavy atom. The van der Waals surface area contributed by atoms with Crippen LogP contribution >= 0.6 is 0 Å². The highest BCUT2D eigenvalue weighted by Gasteiger charge is 2.34. The van der Waals surface area contributed by atoms with Crippen LogP contribution in [-0.2, 0) is 4.79 Å². The maximum Gasteiger partial charge on any atom is 0.242 e. The lowest BCUT2D eigenvalue weighted by atomic mass is 9.91. The first kappa shape index (κ1) is 16.4. The molecule has 0 saturated carbocycles. The van der Waals surface area contributed by atoms with Crippen LogP contribution in [0.1, 0.15) is 66.7 Å². The molecule has 1 amide bonds.